The number of nitrogens with one attached hydrogen (secondary N) is 1. The second-order valence-corrected chi connectivity index (χ2v) is 6.01. The molecule has 2 rings (SSSR count). The number of hydrogen-bond acceptors (Lipinski definition) is 2. The predicted octanol–water partition coefficient (Wildman–Crippen LogP) is 3.22. The molecule has 1 aromatic carbocycles. The zero-order valence-electron chi connectivity index (χ0n) is 13.1. The fourth-order valence-electron chi connectivity index (χ4n) is 2.77. The molecular formula is C17H21F3N2O. The number of carbonyl (C=O) groups is 1. The Labute approximate surface area is 134 Å². The van der Waals surface area contributed by atoms with E-state index in [1.165, 1.54) is 18.2 Å². The summed E-state index contributed by atoms with van der Waals surface area (Å²) >= 11 is 0. The van der Waals surface area contributed by atoms with E-state index in [4.69, 9.17) is 0 Å². The van der Waals surface area contributed by atoms with Gasteiger partial charge >= 0.3 is 6.18 Å². The first kappa shape index (κ1) is 17.5. The molecule has 0 radical (unpaired) electrons. The smallest absolute Gasteiger partial charge is 0.348 e. The average Bonchev–Trinajstić information content (AvgIpc) is 2.50. The molecule has 1 N–H and O–H groups in total. The van der Waals surface area contributed by atoms with E-state index in [1.54, 1.807) is 0 Å². The van der Waals surface area contributed by atoms with Gasteiger partial charge in [-0.2, -0.15) is 13.2 Å². The summed E-state index contributed by atoms with van der Waals surface area (Å²) in [5, 5.41) is 2.92. The Hall–Kier alpha value is -1.82. The van der Waals surface area contributed by atoms with Gasteiger partial charge in [-0.05, 0) is 42.7 Å². The van der Waals surface area contributed by atoms with Crippen LogP contribution in [0.2, 0.25) is 0 Å². The number of amides is 1. The lowest BCUT2D eigenvalue weighted by molar-refractivity contribution is -0.137. The van der Waals surface area contributed by atoms with Gasteiger partial charge in [0.1, 0.15) is 0 Å². The van der Waals surface area contributed by atoms with E-state index in [9.17, 15) is 18.0 Å². The van der Waals surface area contributed by atoms with E-state index < -0.39 is 11.7 Å². The summed E-state index contributed by atoms with van der Waals surface area (Å²) in [5.41, 5.74) is 0.200. The number of nitrogens with zero attached hydrogens (tertiary/aromatic N) is 1. The van der Waals surface area contributed by atoms with Crippen LogP contribution in [0.4, 0.5) is 13.2 Å². The number of likely N-dealkylation sites (tertiary alicyclic amines) is 1. The molecule has 1 aliphatic heterocycles. The van der Waals surface area contributed by atoms with Gasteiger partial charge < -0.3 is 5.32 Å². The molecule has 1 heterocycles. The maximum Gasteiger partial charge on any atom is 0.416 e. The lowest BCUT2D eigenvalue weighted by atomic mass is 9.93. The number of alkyl halides is 3. The first-order valence-corrected chi connectivity index (χ1v) is 7.61. The van der Waals surface area contributed by atoms with Crippen LogP contribution in [0, 0.1) is 5.92 Å². The topological polar surface area (TPSA) is 32.3 Å². The summed E-state index contributed by atoms with van der Waals surface area (Å²) in [6, 6.07) is 5.28. The van der Waals surface area contributed by atoms with Crippen molar-refractivity contribution in [1.82, 2.24) is 10.2 Å². The number of hydrogen-bond donors (Lipinski definition) is 1. The molecule has 0 spiro atoms. The first-order chi connectivity index (χ1) is 10.8. The van der Waals surface area contributed by atoms with Crippen LogP contribution in [0.3, 0.4) is 0 Å². The Morgan fingerprint density at radius 1 is 1.39 bits per heavy atom. The van der Waals surface area contributed by atoms with Gasteiger partial charge in [0.2, 0.25) is 5.91 Å². The minimum atomic E-state index is -4.31. The first-order valence-electron chi connectivity index (χ1n) is 7.61. The summed E-state index contributed by atoms with van der Waals surface area (Å²) in [5.74, 6) is 0.168. The molecule has 0 bridgehead atoms. The van der Waals surface area contributed by atoms with Crippen molar-refractivity contribution < 1.29 is 18.0 Å². The molecule has 0 saturated carbocycles. The fraction of sp³-hybridized carbons (Fsp3) is 0.471. The average molecular weight is 326 g/mol. The van der Waals surface area contributed by atoms with Crippen molar-refractivity contribution in [3.8, 4) is 0 Å². The Morgan fingerprint density at radius 2 is 2.04 bits per heavy atom. The van der Waals surface area contributed by atoms with Crippen molar-refractivity contribution in [2.75, 3.05) is 13.1 Å². The molecule has 23 heavy (non-hydrogen) atoms. The molecular weight excluding hydrogens is 305 g/mol. The van der Waals surface area contributed by atoms with Gasteiger partial charge in [0.25, 0.3) is 0 Å². The molecule has 3 nitrogen and oxygen atoms in total. The Bertz CT molecular complexity index is 554. The summed E-state index contributed by atoms with van der Waals surface area (Å²) in [6.45, 7) is 7.66. The second kappa shape index (κ2) is 7.17. The van der Waals surface area contributed by atoms with Gasteiger partial charge in [-0.1, -0.05) is 25.6 Å². The third kappa shape index (κ3) is 4.82. The Morgan fingerprint density at radius 3 is 2.61 bits per heavy atom. The highest BCUT2D eigenvalue weighted by molar-refractivity contribution is 5.87. The summed E-state index contributed by atoms with van der Waals surface area (Å²) < 4.78 is 37.7. The van der Waals surface area contributed by atoms with Gasteiger partial charge in [-0.25, -0.2) is 0 Å². The van der Waals surface area contributed by atoms with Gasteiger partial charge in [0.05, 0.1) is 5.56 Å². The molecule has 2 atom stereocenters. The van der Waals surface area contributed by atoms with E-state index in [-0.39, 0.29) is 11.9 Å². The van der Waals surface area contributed by atoms with Crippen molar-refractivity contribution in [2.24, 2.45) is 5.92 Å². The van der Waals surface area contributed by atoms with Gasteiger partial charge in [0.15, 0.2) is 0 Å². The molecule has 6 heteroatoms. The third-order valence-electron chi connectivity index (χ3n) is 4.24. The zero-order valence-corrected chi connectivity index (χ0v) is 13.1. The van der Waals surface area contributed by atoms with Crippen LogP contribution in [0.5, 0.6) is 0 Å². The molecule has 1 unspecified atom stereocenters. The standard InChI is InChI=1S/C17H21F3N2O/c1-3-16(23)21-15-11-22(9-8-12(15)2)10-13-4-6-14(7-5-13)17(18,19)20/h3-7,12,15H,1,8-11H2,2H3,(H,21,23)/t12?,15-/m1/s1. The van der Waals surface area contributed by atoms with Crippen LogP contribution in [-0.4, -0.2) is 29.9 Å². The molecule has 1 aromatic rings. The van der Waals surface area contributed by atoms with E-state index >= 15 is 0 Å². The highest BCUT2D eigenvalue weighted by atomic mass is 19.4. The number of carbonyl (C=O) groups excluding carboxylic acids is 1. The van der Waals surface area contributed by atoms with Gasteiger partial charge in [0, 0.05) is 19.1 Å². The largest absolute Gasteiger partial charge is 0.416 e. The maximum absolute atomic E-state index is 12.6. The second-order valence-electron chi connectivity index (χ2n) is 6.01. The van der Waals surface area contributed by atoms with Crippen LogP contribution in [0.25, 0.3) is 0 Å². The normalized spacial score (nSPS) is 22.6. The lowest BCUT2D eigenvalue weighted by Crippen LogP contribution is -2.51. The highest BCUT2D eigenvalue weighted by Gasteiger charge is 2.30. The Kier molecular flexibility index (Phi) is 5.46. The van der Waals surface area contributed by atoms with Crippen molar-refractivity contribution >= 4 is 5.91 Å². The van der Waals surface area contributed by atoms with Crippen LogP contribution in [0.1, 0.15) is 24.5 Å². The summed E-state index contributed by atoms with van der Waals surface area (Å²) in [6.07, 6.45) is -2.12. The van der Waals surface area contributed by atoms with Crippen LogP contribution >= 0.6 is 0 Å². The van der Waals surface area contributed by atoms with Crippen molar-refractivity contribution in [3.05, 3.63) is 48.0 Å². The summed E-state index contributed by atoms with van der Waals surface area (Å²) in [7, 11) is 0. The van der Waals surface area contributed by atoms with Gasteiger partial charge in [-0.3, -0.25) is 9.69 Å². The molecule has 126 valence electrons. The zero-order chi connectivity index (χ0) is 17.0. The fourth-order valence-corrected chi connectivity index (χ4v) is 2.77. The maximum atomic E-state index is 12.6. The third-order valence-corrected chi connectivity index (χ3v) is 4.24. The monoisotopic (exact) mass is 326 g/mol. The van der Waals surface area contributed by atoms with Crippen molar-refractivity contribution in [2.45, 2.75) is 32.1 Å². The van der Waals surface area contributed by atoms with Crippen LogP contribution in [0.15, 0.2) is 36.9 Å². The predicted molar refractivity (Wildman–Crippen MR) is 82.6 cm³/mol. The van der Waals surface area contributed by atoms with E-state index in [2.05, 4.69) is 23.7 Å². The van der Waals surface area contributed by atoms with Gasteiger partial charge in [-0.15, -0.1) is 0 Å². The number of piperidine rings is 1. The SMILES string of the molecule is C=CC(=O)N[C@@H]1CN(Cc2ccc(C(F)(F)F)cc2)CCC1C. The van der Waals surface area contributed by atoms with E-state index in [1.807, 2.05) is 0 Å². The minimum Gasteiger partial charge on any atom is -0.348 e. The molecule has 1 saturated heterocycles. The lowest BCUT2D eigenvalue weighted by Gasteiger charge is -2.37. The molecule has 0 aromatic heterocycles. The van der Waals surface area contributed by atoms with Crippen LogP contribution < -0.4 is 5.32 Å². The number of halogens is 3. The van der Waals surface area contributed by atoms with E-state index in [0.717, 1.165) is 30.7 Å². The molecule has 1 amide bonds. The van der Waals surface area contributed by atoms with E-state index in [0.29, 0.717) is 19.0 Å². The quantitative estimate of drug-likeness (QED) is 0.862. The highest BCUT2D eigenvalue weighted by Crippen LogP contribution is 2.29. The molecule has 1 fully saturated rings. The molecule has 1 aliphatic rings. The van der Waals surface area contributed by atoms with Crippen molar-refractivity contribution in [1.29, 1.82) is 0 Å². The number of rotatable bonds is 4. The minimum absolute atomic E-state index is 0.0312. The van der Waals surface area contributed by atoms with Crippen LogP contribution in [-0.2, 0) is 17.5 Å². The Balaban J connectivity index is 1.97. The molecule has 0 aliphatic carbocycles. The van der Waals surface area contributed by atoms with Crippen molar-refractivity contribution in [3.63, 3.8) is 0 Å². The summed E-state index contributed by atoms with van der Waals surface area (Å²) in [4.78, 5) is 13.6. The number of benzene rings is 1.